The van der Waals surface area contributed by atoms with Crippen molar-refractivity contribution >= 4 is 11.9 Å². The molecule has 1 aromatic heterocycles. The number of aliphatic hydroxyl groups is 1. The molecule has 0 aliphatic heterocycles. The average molecular weight is 425 g/mol. The van der Waals surface area contributed by atoms with Crippen molar-refractivity contribution in [3.8, 4) is 0 Å². The summed E-state index contributed by atoms with van der Waals surface area (Å²) < 4.78 is 84.9. The van der Waals surface area contributed by atoms with Crippen molar-refractivity contribution in [3.05, 3.63) is 47.7 Å². The summed E-state index contributed by atoms with van der Waals surface area (Å²) in [4.78, 5) is 12.0. The van der Waals surface area contributed by atoms with E-state index in [2.05, 4.69) is 5.10 Å². The first kappa shape index (κ1) is 22.5. The molecule has 0 radical (unpaired) electrons. The summed E-state index contributed by atoms with van der Waals surface area (Å²) in [6.45, 7) is 2.55. The molecule has 29 heavy (non-hydrogen) atoms. The number of nitrogens with one attached hydrogen (secondary N) is 1. The maximum Gasteiger partial charge on any atom is 0.430 e. The van der Waals surface area contributed by atoms with Gasteiger partial charge in [0.15, 0.2) is 0 Å². The van der Waals surface area contributed by atoms with Gasteiger partial charge in [0.2, 0.25) is 0 Å². The molecule has 0 saturated carbocycles. The Balaban J connectivity index is 2.40. The molecule has 0 unspecified atom stereocenters. The predicted molar refractivity (Wildman–Crippen MR) is 88.9 cm³/mol. The highest BCUT2D eigenvalue weighted by Gasteiger charge is 2.73. The number of hydrogen-bond acceptors (Lipinski definition) is 4. The van der Waals surface area contributed by atoms with E-state index in [4.69, 9.17) is 4.74 Å². The summed E-state index contributed by atoms with van der Waals surface area (Å²) in [5.41, 5.74) is -6.36. The normalized spacial score (nSPS) is 12.9. The minimum atomic E-state index is -6.12. The Morgan fingerprint density at radius 2 is 1.69 bits per heavy atom. The number of carbonyl (C=O) groups excluding carboxylic acids is 1. The lowest BCUT2D eigenvalue weighted by molar-refractivity contribution is -0.376. The summed E-state index contributed by atoms with van der Waals surface area (Å²) in [6.07, 6.45) is -13.3. The molecule has 0 spiro atoms. The van der Waals surface area contributed by atoms with Crippen LogP contribution in [0.4, 0.5) is 37.0 Å². The molecule has 0 aliphatic carbocycles. The lowest BCUT2D eigenvalue weighted by atomic mass is 9.94. The molecule has 6 nitrogen and oxygen atoms in total. The van der Waals surface area contributed by atoms with Crippen LogP contribution >= 0.6 is 0 Å². The van der Waals surface area contributed by atoms with Gasteiger partial charge in [0.1, 0.15) is 12.4 Å². The van der Waals surface area contributed by atoms with E-state index >= 15 is 0 Å². The Hall–Kier alpha value is -2.76. The van der Waals surface area contributed by atoms with Crippen molar-refractivity contribution in [1.82, 2.24) is 9.78 Å². The first-order chi connectivity index (χ1) is 13.3. The fourth-order valence-electron chi connectivity index (χ4n) is 2.47. The molecule has 0 fully saturated rings. The van der Waals surface area contributed by atoms with Crippen molar-refractivity contribution in [3.63, 3.8) is 0 Å². The average Bonchev–Trinajstić information content (AvgIpc) is 3.02. The minimum absolute atomic E-state index is 0.216. The Labute approximate surface area is 161 Å². The molecule has 2 N–H and O–H groups in total. The van der Waals surface area contributed by atoms with Crippen LogP contribution in [0.1, 0.15) is 31.0 Å². The van der Waals surface area contributed by atoms with Gasteiger partial charge in [0.05, 0.1) is 11.8 Å². The second kappa shape index (κ2) is 7.93. The first-order valence-corrected chi connectivity index (χ1v) is 8.20. The molecule has 160 valence electrons. The summed E-state index contributed by atoms with van der Waals surface area (Å²) in [7, 11) is 0. The zero-order valence-corrected chi connectivity index (χ0v) is 15.2. The lowest BCUT2D eigenvalue weighted by Crippen LogP contribution is -2.54. The molecule has 0 bridgehead atoms. The molecule has 2 rings (SSSR count). The van der Waals surface area contributed by atoms with Gasteiger partial charge in [-0.05, 0) is 19.4 Å². The summed E-state index contributed by atoms with van der Waals surface area (Å²) in [6, 6.07) is 7.46. The summed E-state index contributed by atoms with van der Waals surface area (Å²) in [5.74, 6) is -0.977. The number of hydrogen-bond donors (Lipinski definition) is 2. The van der Waals surface area contributed by atoms with Gasteiger partial charge in [-0.2, -0.15) is 31.4 Å². The number of rotatable bonds is 5. The maximum atomic E-state index is 13.2. The molecule has 1 heterocycles. The highest BCUT2D eigenvalue weighted by Crippen LogP contribution is 2.52. The van der Waals surface area contributed by atoms with Gasteiger partial charge in [-0.3, -0.25) is 5.32 Å². The molecule has 0 saturated heterocycles. The third kappa shape index (κ3) is 4.47. The number of aromatic nitrogens is 2. The number of alkyl halides is 6. The van der Waals surface area contributed by atoms with Crippen molar-refractivity contribution in [2.45, 2.75) is 44.4 Å². The van der Waals surface area contributed by atoms with Gasteiger partial charge in [-0.1, -0.05) is 30.3 Å². The van der Waals surface area contributed by atoms with Crippen molar-refractivity contribution < 1.29 is 41.0 Å². The largest absolute Gasteiger partial charge is 0.444 e. The number of nitrogens with zero attached hydrogens (tertiary/aromatic N) is 2. The minimum Gasteiger partial charge on any atom is -0.444 e. The Morgan fingerprint density at radius 3 is 2.17 bits per heavy atom. The van der Waals surface area contributed by atoms with Crippen molar-refractivity contribution in [2.75, 3.05) is 5.32 Å². The monoisotopic (exact) mass is 425 g/mol. The van der Waals surface area contributed by atoms with Crippen molar-refractivity contribution in [1.29, 1.82) is 0 Å². The third-order valence-electron chi connectivity index (χ3n) is 3.93. The number of anilines is 1. The third-order valence-corrected chi connectivity index (χ3v) is 3.93. The summed E-state index contributed by atoms with van der Waals surface area (Å²) in [5, 5.41) is 15.0. The number of carbonyl (C=O) groups is 1. The van der Waals surface area contributed by atoms with Crippen LogP contribution < -0.4 is 5.32 Å². The van der Waals surface area contributed by atoms with Crippen LogP contribution in [0.5, 0.6) is 0 Å². The standard InChI is InChI=1S/C17H17F6N3O3/c1-10(2)26-13(25-14(27)29-9-11-6-4-3-5-7-11)12(8-24-26)15(28,16(18,19)20)17(21,22)23/h3-8,10,28H,9H2,1-2H3,(H,25,27). The van der Waals surface area contributed by atoms with Gasteiger partial charge in [0.25, 0.3) is 5.60 Å². The topological polar surface area (TPSA) is 76.4 Å². The van der Waals surface area contributed by atoms with Gasteiger partial charge in [-0.15, -0.1) is 0 Å². The van der Waals surface area contributed by atoms with Crippen LogP contribution in [0.2, 0.25) is 0 Å². The zero-order valence-electron chi connectivity index (χ0n) is 15.2. The summed E-state index contributed by atoms with van der Waals surface area (Å²) >= 11 is 0. The van der Waals surface area contributed by atoms with E-state index in [1.165, 1.54) is 13.8 Å². The highest BCUT2D eigenvalue weighted by atomic mass is 19.4. The zero-order chi connectivity index (χ0) is 22.0. The Kier molecular flexibility index (Phi) is 6.16. The van der Waals surface area contributed by atoms with E-state index in [1.807, 2.05) is 5.32 Å². The van der Waals surface area contributed by atoms with Crippen molar-refractivity contribution in [2.24, 2.45) is 0 Å². The maximum absolute atomic E-state index is 13.2. The van der Waals surface area contributed by atoms with Gasteiger partial charge < -0.3 is 9.84 Å². The van der Waals surface area contributed by atoms with Crippen LogP contribution in [0.15, 0.2) is 36.5 Å². The number of halogens is 6. The van der Waals surface area contributed by atoms with E-state index in [0.717, 1.165) is 0 Å². The van der Waals surface area contributed by atoms with Crippen LogP contribution in [0, 0.1) is 0 Å². The van der Waals surface area contributed by atoms with E-state index < -0.39 is 41.5 Å². The molecule has 1 aromatic carbocycles. The second-order valence-corrected chi connectivity index (χ2v) is 6.34. The highest BCUT2D eigenvalue weighted by molar-refractivity contribution is 5.84. The number of amides is 1. The van der Waals surface area contributed by atoms with Gasteiger partial charge in [-0.25, -0.2) is 9.48 Å². The molecular formula is C17H17F6N3O3. The molecule has 12 heteroatoms. The van der Waals surface area contributed by atoms with E-state index in [9.17, 15) is 36.2 Å². The van der Waals surface area contributed by atoms with E-state index in [-0.39, 0.29) is 12.8 Å². The van der Waals surface area contributed by atoms with Crippen LogP contribution in [0.3, 0.4) is 0 Å². The smallest absolute Gasteiger partial charge is 0.430 e. The number of ether oxygens (including phenoxy) is 1. The Bertz CT molecular complexity index is 832. The molecule has 0 atom stereocenters. The SMILES string of the molecule is CC(C)n1ncc(C(O)(C(F)(F)F)C(F)(F)F)c1NC(=O)OCc1ccccc1. The first-order valence-electron chi connectivity index (χ1n) is 8.20. The molecular weight excluding hydrogens is 408 g/mol. The molecule has 0 aliphatic rings. The van der Waals surface area contributed by atoms with Gasteiger partial charge >= 0.3 is 18.4 Å². The predicted octanol–water partition coefficient (Wildman–Crippen LogP) is 4.52. The van der Waals surface area contributed by atoms with Gasteiger partial charge in [0, 0.05) is 6.04 Å². The molecule has 2 aromatic rings. The number of benzene rings is 1. The fraction of sp³-hybridized carbons (Fsp3) is 0.412. The van der Waals surface area contributed by atoms with Crippen LogP contribution in [-0.4, -0.2) is 33.3 Å². The molecule has 1 amide bonds. The second-order valence-electron chi connectivity index (χ2n) is 6.34. The quantitative estimate of drug-likeness (QED) is 0.691. The van der Waals surface area contributed by atoms with E-state index in [1.54, 1.807) is 30.3 Å². The van der Waals surface area contributed by atoms with E-state index in [0.29, 0.717) is 10.2 Å². The Morgan fingerprint density at radius 1 is 1.14 bits per heavy atom. The lowest BCUT2D eigenvalue weighted by Gasteiger charge is -2.32. The van der Waals surface area contributed by atoms with Crippen LogP contribution in [-0.2, 0) is 16.9 Å². The fourth-order valence-corrected chi connectivity index (χ4v) is 2.47. The van der Waals surface area contributed by atoms with Crippen LogP contribution in [0.25, 0.3) is 0 Å².